The van der Waals surface area contributed by atoms with E-state index in [0.717, 1.165) is 44.0 Å². The molecule has 4 heteroatoms. The monoisotopic (exact) mass is 282 g/mol. The minimum absolute atomic E-state index is 0.159. The van der Waals surface area contributed by atoms with Gasteiger partial charge >= 0.3 is 0 Å². The maximum atomic E-state index is 11.6. The van der Waals surface area contributed by atoms with E-state index in [1.807, 2.05) is 13.0 Å². The van der Waals surface area contributed by atoms with E-state index in [0.29, 0.717) is 6.42 Å². The lowest BCUT2D eigenvalue weighted by Gasteiger charge is -2.14. The summed E-state index contributed by atoms with van der Waals surface area (Å²) < 4.78 is 0. The van der Waals surface area contributed by atoms with Gasteiger partial charge in [0, 0.05) is 12.0 Å². The molecule has 3 N–H and O–H groups in total. The highest BCUT2D eigenvalue weighted by Gasteiger charge is 2.14. The normalized spacial score (nSPS) is 13.1. The summed E-state index contributed by atoms with van der Waals surface area (Å²) in [5.74, 6) is 5.31. The van der Waals surface area contributed by atoms with Gasteiger partial charge < -0.3 is 4.79 Å². The molecule has 1 atom stereocenters. The lowest BCUT2D eigenvalue weighted by atomic mass is 9.93. The van der Waals surface area contributed by atoms with Crippen LogP contribution in [0.5, 0.6) is 0 Å². The van der Waals surface area contributed by atoms with Crippen LogP contribution in [-0.4, -0.2) is 12.2 Å². The van der Waals surface area contributed by atoms with Gasteiger partial charge in [-0.05, 0) is 25.2 Å². The maximum Gasteiger partial charge on any atom is 0.261 e. The van der Waals surface area contributed by atoms with Gasteiger partial charge in [0.15, 0.2) is 0 Å². The second kappa shape index (κ2) is 12.9. The van der Waals surface area contributed by atoms with Crippen LogP contribution >= 0.6 is 0 Å². The number of hydrazine groups is 1. The Kier molecular flexibility index (Phi) is 12.1. The first-order valence-electron chi connectivity index (χ1n) is 7.82. The Bertz CT molecular complexity index is 301. The zero-order valence-electron chi connectivity index (χ0n) is 13.0. The number of hydrogen-bond donors (Lipinski definition) is 2. The van der Waals surface area contributed by atoms with Crippen molar-refractivity contribution < 1.29 is 9.59 Å². The number of aldehydes is 1. The average Bonchev–Trinajstić information content (AvgIpc) is 2.46. The number of amides is 1. The fraction of sp³-hybridized carbons (Fsp3) is 0.750. The number of rotatable bonds is 12. The molecule has 0 rings (SSSR count). The summed E-state index contributed by atoms with van der Waals surface area (Å²) in [7, 11) is 0. The van der Waals surface area contributed by atoms with Crippen molar-refractivity contribution in [3.05, 3.63) is 11.6 Å². The third kappa shape index (κ3) is 8.86. The summed E-state index contributed by atoms with van der Waals surface area (Å²) in [6, 6.07) is 0. The molecule has 0 spiro atoms. The van der Waals surface area contributed by atoms with Gasteiger partial charge in [0.2, 0.25) is 0 Å². The first kappa shape index (κ1) is 18.8. The molecule has 0 aliphatic rings. The highest BCUT2D eigenvalue weighted by molar-refractivity contribution is 5.93. The molecule has 20 heavy (non-hydrogen) atoms. The molecule has 0 aromatic heterocycles. The van der Waals surface area contributed by atoms with Gasteiger partial charge in [-0.1, -0.05) is 52.0 Å². The minimum atomic E-state index is -0.159. The number of unbranched alkanes of at least 4 members (excludes halogenated alkanes) is 6. The highest BCUT2D eigenvalue weighted by atomic mass is 16.2. The van der Waals surface area contributed by atoms with Crippen molar-refractivity contribution >= 4 is 12.2 Å². The smallest absolute Gasteiger partial charge is 0.261 e. The predicted molar refractivity (Wildman–Crippen MR) is 82.9 cm³/mol. The zero-order chi connectivity index (χ0) is 15.2. The number of allylic oxidation sites excluding steroid dienone is 1. The van der Waals surface area contributed by atoms with Crippen LogP contribution < -0.4 is 11.3 Å². The van der Waals surface area contributed by atoms with Crippen molar-refractivity contribution in [1.29, 1.82) is 0 Å². The molecule has 0 aromatic carbocycles. The number of carbonyl (C=O) groups excluding carboxylic acids is 2. The molecule has 0 aliphatic heterocycles. The Morgan fingerprint density at radius 3 is 2.30 bits per heavy atom. The van der Waals surface area contributed by atoms with Crippen molar-refractivity contribution in [2.75, 3.05) is 0 Å². The molecule has 0 radical (unpaired) electrons. The first-order valence-corrected chi connectivity index (χ1v) is 7.82. The van der Waals surface area contributed by atoms with Gasteiger partial charge in [-0.2, -0.15) is 0 Å². The summed E-state index contributed by atoms with van der Waals surface area (Å²) in [5, 5.41) is 0. The van der Waals surface area contributed by atoms with Crippen LogP contribution in [0.1, 0.15) is 71.6 Å². The molecule has 0 fully saturated rings. The second-order valence-electron chi connectivity index (χ2n) is 5.31. The predicted octanol–water partition coefficient (Wildman–Crippen LogP) is 3.27. The quantitative estimate of drug-likeness (QED) is 0.144. The van der Waals surface area contributed by atoms with Gasteiger partial charge in [-0.15, -0.1) is 0 Å². The van der Waals surface area contributed by atoms with E-state index in [1.165, 1.54) is 19.3 Å². The summed E-state index contributed by atoms with van der Waals surface area (Å²) in [6.07, 6.45) is 12.4. The molecule has 1 unspecified atom stereocenters. The van der Waals surface area contributed by atoms with Crippen LogP contribution in [0.15, 0.2) is 11.6 Å². The largest absolute Gasteiger partial charge is 0.303 e. The zero-order valence-corrected chi connectivity index (χ0v) is 13.0. The molecule has 0 aromatic rings. The number of nitrogens with one attached hydrogen (secondary N) is 1. The van der Waals surface area contributed by atoms with Gasteiger partial charge in [-0.25, -0.2) is 5.84 Å². The number of nitrogens with two attached hydrogens (primary N) is 1. The van der Waals surface area contributed by atoms with Crippen molar-refractivity contribution in [2.45, 2.75) is 71.6 Å². The third-order valence-electron chi connectivity index (χ3n) is 3.56. The van der Waals surface area contributed by atoms with Gasteiger partial charge in [0.1, 0.15) is 6.29 Å². The van der Waals surface area contributed by atoms with Crippen LogP contribution in [0.25, 0.3) is 0 Å². The average molecular weight is 282 g/mol. The van der Waals surface area contributed by atoms with Crippen LogP contribution in [0.2, 0.25) is 0 Å². The summed E-state index contributed by atoms with van der Waals surface area (Å²) in [5.41, 5.74) is 3.03. The molecule has 0 saturated heterocycles. The van der Waals surface area contributed by atoms with Gasteiger partial charge in [0.05, 0.1) is 0 Å². The fourth-order valence-electron chi connectivity index (χ4n) is 2.36. The van der Waals surface area contributed by atoms with Crippen LogP contribution in [0.3, 0.4) is 0 Å². The lowest BCUT2D eigenvalue weighted by molar-refractivity contribution is -0.118. The van der Waals surface area contributed by atoms with E-state index in [4.69, 9.17) is 5.84 Å². The molecule has 1 amide bonds. The highest BCUT2D eigenvalue weighted by Crippen LogP contribution is 2.19. The SMILES string of the molecule is CCC=C(C(=O)NN)C(C)CCCCCCCCC=O. The summed E-state index contributed by atoms with van der Waals surface area (Å²) >= 11 is 0. The van der Waals surface area contributed by atoms with E-state index in [2.05, 4.69) is 12.3 Å². The standard InChI is InChI=1S/C16H30N2O2/c1-3-11-15(16(20)18-17)14(2)12-9-7-5-4-6-8-10-13-19/h11,13-14H,3-10,12,17H2,1-2H3,(H,18,20). The molecule has 0 saturated carbocycles. The van der Waals surface area contributed by atoms with Crippen LogP contribution in [-0.2, 0) is 9.59 Å². The van der Waals surface area contributed by atoms with Gasteiger partial charge in [0.25, 0.3) is 5.91 Å². The molecule has 0 heterocycles. The summed E-state index contributed by atoms with van der Waals surface area (Å²) in [4.78, 5) is 21.8. The van der Waals surface area contributed by atoms with Crippen LogP contribution in [0, 0.1) is 5.92 Å². The van der Waals surface area contributed by atoms with E-state index < -0.39 is 0 Å². The van der Waals surface area contributed by atoms with Crippen molar-refractivity contribution in [3.8, 4) is 0 Å². The van der Waals surface area contributed by atoms with Gasteiger partial charge in [-0.3, -0.25) is 10.2 Å². The Balaban J connectivity index is 3.80. The molecule has 4 nitrogen and oxygen atoms in total. The van der Waals surface area contributed by atoms with E-state index in [9.17, 15) is 9.59 Å². The van der Waals surface area contributed by atoms with E-state index in [-0.39, 0.29) is 11.8 Å². The Morgan fingerprint density at radius 1 is 1.15 bits per heavy atom. The molecular formula is C16H30N2O2. The Hall–Kier alpha value is -1.16. The van der Waals surface area contributed by atoms with Crippen molar-refractivity contribution in [3.63, 3.8) is 0 Å². The topological polar surface area (TPSA) is 72.2 Å². The van der Waals surface area contributed by atoms with Crippen LogP contribution in [0.4, 0.5) is 0 Å². The number of hydrogen-bond acceptors (Lipinski definition) is 3. The molecule has 0 aliphatic carbocycles. The lowest BCUT2D eigenvalue weighted by Crippen LogP contribution is -2.33. The minimum Gasteiger partial charge on any atom is -0.303 e. The molecule has 116 valence electrons. The molecular weight excluding hydrogens is 252 g/mol. The first-order chi connectivity index (χ1) is 9.67. The van der Waals surface area contributed by atoms with E-state index in [1.54, 1.807) is 0 Å². The Morgan fingerprint density at radius 2 is 1.75 bits per heavy atom. The number of carbonyl (C=O) groups is 2. The van der Waals surface area contributed by atoms with Crippen molar-refractivity contribution in [2.24, 2.45) is 11.8 Å². The van der Waals surface area contributed by atoms with E-state index >= 15 is 0 Å². The van der Waals surface area contributed by atoms with Crippen molar-refractivity contribution in [1.82, 2.24) is 5.43 Å². The summed E-state index contributed by atoms with van der Waals surface area (Å²) in [6.45, 7) is 4.11. The second-order valence-corrected chi connectivity index (χ2v) is 5.31. The fourth-order valence-corrected chi connectivity index (χ4v) is 2.36. The maximum absolute atomic E-state index is 11.6. The third-order valence-corrected chi connectivity index (χ3v) is 3.56. The molecule has 0 bridgehead atoms. The Labute approximate surface area is 123 Å².